The van der Waals surface area contributed by atoms with E-state index in [-0.39, 0.29) is 12.1 Å². The van der Waals surface area contributed by atoms with Crippen LogP contribution >= 0.6 is 0 Å². The van der Waals surface area contributed by atoms with Crippen LogP contribution in [-0.2, 0) is 6.42 Å². The predicted molar refractivity (Wildman–Crippen MR) is 93.5 cm³/mol. The first-order valence-electron chi connectivity index (χ1n) is 11.2. The smallest absolute Gasteiger partial charge is 0.123 e. The third-order valence-corrected chi connectivity index (χ3v) is 5.12. The van der Waals surface area contributed by atoms with Crippen LogP contribution in [0.15, 0.2) is 24.2 Å². The number of rotatable bonds is 9. The Kier molecular flexibility index (Phi) is 5.72. The second kappa shape index (κ2) is 10.0. The fourth-order valence-corrected chi connectivity index (χ4v) is 3.67. The molecule has 0 N–H and O–H groups in total. The molecule has 0 aromatic heterocycles. The molecule has 0 atom stereocenters. The van der Waals surface area contributed by atoms with E-state index in [1.165, 1.54) is 57.8 Å². The number of benzene rings is 1. The number of hydrogen-bond acceptors (Lipinski definition) is 0. The Bertz CT molecular complexity index is 551. The molecule has 1 heteroatoms. The van der Waals surface area contributed by atoms with E-state index < -0.39 is 17.9 Å². The van der Waals surface area contributed by atoms with Crippen molar-refractivity contribution in [3.05, 3.63) is 35.6 Å². The topological polar surface area (TPSA) is 0 Å². The monoisotopic (exact) mass is 308 g/mol. The molecule has 0 bridgehead atoms. The molecule has 1 aromatic rings. The summed E-state index contributed by atoms with van der Waals surface area (Å²) in [6, 6.07) is -1.50. The second-order valence-electron chi connectivity index (χ2n) is 6.92. The third kappa shape index (κ3) is 6.50. The molecule has 1 saturated carbocycles. The van der Waals surface area contributed by atoms with Crippen LogP contribution in [0.25, 0.3) is 0 Å². The summed E-state index contributed by atoms with van der Waals surface area (Å²) in [5.41, 5.74) is 0.362. The summed E-state index contributed by atoms with van der Waals surface area (Å²) < 4.78 is 44.5. The van der Waals surface area contributed by atoms with Crippen LogP contribution < -0.4 is 0 Å². The fourth-order valence-electron chi connectivity index (χ4n) is 3.67. The lowest BCUT2D eigenvalue weighted by molar-refractivity contribution is 0.245. The molecule has 1 fully saturated rings. The van der Waals surface area contributed by atoms with Crippen molar-refractivity contribution in [2.24, 2.45) is 11.8 Å². The highest BCUT2D eigenvalue weighted by molar-refractivity contribution is 5.15. The largest absolute Gasteiger partial charge is 0.207 e. The molecule has 1 aliphatic rings. The van der Waals surface area contributed by atoms with Gasteiger partial charge in [0.25, 0.3) is 0 Å². The number of unbranched alkanes of at least 4 members (excludes halogenated alkanes) is 3. The van der Waals surface area contributed by atoms with E-state index in [0.29, 0.717) is 12.0 Å². The van der Waals surface area contributed by atoms with Crippen molar-refractivity contribution >= 4 is 0 Å². The average molecular weight is 309 g/mol. The molecule has 0 aliphatic heterocycles. The van der Waals surface area contributed by atoms with Crippen molar-refractivity contribution in [2.75, 3.05) is 0 Å². The third-order valence-electron chi connectivity index (χ3n) is 5.12. The maximum atomic E-state index is 13.6. The van der Waals surface area contributed by atoms with Crippen LogP contribution in [0.2, 0.25) is 0 Å². The van der Waals surface area contributed by atoms with E-state index in [1.807, 2.05) is 0 Å². The van der Waals surface area contributed by atoms with E-state index in [9.17, 15) is 4.39 Å². The zero-order valence-electron chi connectivity index (χ0n) is 18.0. The zero-order valence-corrected chi connectivity index (χ0v) is 14.0. The lowest BCUT2D eigenvalue weighted by Crippen LogP contribution is -2.14. The van der Waals surface area contributed by atoms with Crippen molar-refractivity contribution < 1.29 is 9.87 Å². The van der Waals surface area contributed by atoms with E-state index in [1.54, 1.807) is 0 Å². The Morgan fingerprint density at radius 1 is 0.909 bits per heavy atom. The van der Waals surface area contributed by atoms with Crippen molar-refractivity contribution in [1.82, 2.24) is 0 Å². The van der Waals surface area contributed by atoms with Crippen molar-refractivity contribution in [3.63, 3.8) is 0 Å². The summed E-state index contributed by atoms with van der Waals surface area (Å²) in [4.78, 5) is 0. The second-order valence-corrected chi connectivity index (χ2v) is 6.92. The summed E-state index contributed by atoms with van der Waals surface area (Å²) in [5.74, 6) is 0.689. The van der Waals surface area contributed by atoms with Crippen molar-refractivity contribution in [2.45, 2.75) is 84.0 Å². The highest BCUT2D eigenvalue weighted by atomic mass is 19.1. The normalized spacial score (nSPS) is 24.5. The molecule has 22 heavy (non-hydrogen) atoms. The standard InChI is InChI=1S/C21H33F/c1-2-3-4-7-18-10-12-19(13-11-18)8-5-6-9-20-14-16-21(22)17-15-20/h14-19H,2-13H2,1H3/i14D,15D,16D,17D. The fraction of sp³-hybridized carbons (Fsp3) is 0.714. The molecular weight excluding hydrogens is 271 g/mol. The average Bonchev–Trinajstić information content (AvgIpc) is 2.65. The van der Waals surface area contributed by atoms with Gasteiger partial charge >= 0.3 is 0 Å². The van der Waals surface area contributed by atoms with Crippen LogP contribution in [0.5, 0.6) is 0 Å². The predicted octanol–water partition coefficient (Wildman–Crippen LogP) is 6.93. The van der Waals surface area contributed by atoms with E-state index in [2.05, 4.69) is 6.92 Å². The van der Waals surface area contributed by atoms with Gasteiger partial charge in [-0.15, -0.1) is 0 Å². The van der Waals surface area contributed by atoms with Gasteiger partial charge in [-0.05, 0) is 42.3 Å². The first-order chi connectivity index (χ1) is 12.5. The maximum absolute atomic E-state index is 13.6. The molecule has 2 rings (SSSR count). The minimum Gasteiger partial charge on any atom is -0.207 e. The highest BCUT2D eigenvalue weighted by Crippen LogP contribution is 2.34. The quantitative estimate of drug-likeness (QED) is 0.434. The SMILES string of the molecule is [2H]c1c([2H])c(CCCCC2CCC(CCCCC)CC2)c([2H])c([2H])c1F. The highest BCUT2D eigenvalue weighted by Gasteiger charge is 2.20. The molecule has 1 aromatic carbocycles. The van der Waals surface area contributed by atoms with Gasteiger partial charge in [-0.1, -0.05) is 83.2 Å². The van der Waals surface area contributed by atoms with Gasteiger partial charge in [-0.3, -0.25) is 0 Å². The van der Waals surface area contributed by atoms with Gasteiger partial charge in [-0.25, -0.2) is 4.39 Å². The molecule has 1 aliphatic carbocycles. The Morgan fingerprint density at radius 3 is 2.00 bits per heavy atom. The van der Waals surface area contributed by atoms with E-state index >= 15 is 0 Å². The summed E-state index contributed by atoms with van der Waals surface area (Å²) in [6.45, 7) is 2.26. The van der Waals surface area contributed by atoms with Gasteiger partial charge in [0.05, 0.1) is 5.48 Å². The zero-order chi connectivity index (χ0) is 19.1. The van der Waals surface area contributed by atoms with Gasteiger partial charge < -0.3 is 0 Å². The summed E-state index contributed by atoms with van der Waals surface area (Å²) >= 11 is 0. The van der Waals surface area contributed by atoms with Gasteiger partial charge in [0.2, 0.25) is 0 Å². The molecule has 124 valence electrons. The maximum Gasteiger partial charge on any atom is 0.123 e. The van der Waals surface area contributed by atoms with Crippen LogP contribution in [0.1, 0.15) is 88.6 Å². The minimum atomic E-state index is -1.04. The molecule has 0 amide bonds. The Labute approximate surface area is 142 Å². The van der Waals surface area contributed by atoms with Gasteiger partial charge in [0.15, 0.2) is 0 Å². The van der Waals surface area contributed by atoms with Crippen LogP contribution in [-0.4, -0.2) is 0 Å². The van der Waals surface area contributed by atoms with Gasteiger partial charge in [-0.2, -0.15) is 0 Å². The Morgan fingerprint density at radius 2 is 1.45 bits per heavy atom. The summed E-state index contributed by atoms with van der Waals surface area (Å²) in [6.07, 6.45) is 14.4. The van der Waals surface area contributed by atoms with Crippen LogP contribution in [0, 0.1) is 17.7 Å². The van der Waals surface area contributed by atoms with Crippen molar-refractivity contribution in [3.8, 4) is 0 Å². The number of halogens is 1. The van der Waals surface area contributed by atoms with Gasteiger partial charge in [0, 0.05) is 0 Å². The Hall–Kier alpha value is -0.850. The molecule has 0 radical (unpaired) electrons. The first-order valence-corrected chi connectivity index (χ1v) is 9.20. The molecule has 0 unspecified atom stereocenters. The lowest BCUT2D eigenvalue weighted by atomic mass is 9.78. The summed E-state index contributed by atoms with van der Waals surface area (Å²) in [7, 11) is 0. The molecule has 0 heterocycles. The van der Waals surface area contributed by atoms with Crippen LogP contribution in [0.3, 0.4) is 0 Å². The lowest BCUT2D eigenvalue weighted by Gasteiger charge is -2.28. The van der Waals surface area contributed by atoms with Crippen LogP contribution in [0.4, 0.5) is 4.39 Å². The molecule has 0 saturated heterocycles. The molecular formula is C21H33F. The van der Waals surface area contributed by atoms with E-state index in [4.69, 9.17) is 5.48 Å². The summed E-state index contributed by atoms with van der Waals surface area (Å²) in [5, 5.41) is 0. The van der Waals surface area contributed by atoms with Gasteiger partial charge in [0.1, 0.15) is 5.82 Å². The molecule has 0 nitrogen and oxygen atoms in total. The number of hydrogen-bond donors (Lipinski definition) is 0. The minimum absolute atomic E-state index is 0.212. The molecule has 0 spiro atoms. The first kappa shape index (κ1) is 12.6. The van der Waals surface area contributed by atoms with Crippen molar-refractivity contribution in [1.29, 1.82) is 0 Å². The Balaban J connectivity index is 1.72. The van der Waals surface area contributed by atoms with E-state index in [0.717, 1.165) is 24.7 Å².